The molecule has 6 nitrogen and oxygen atoms in total. The summed E-state index contributed by atoms with van der Waals surface area (Å²) < 4.78 is 7.43. The summed E-state index contributed by atoms with van der Waals surface area (Å²) in [6.45, 7) is 8.99. The van der Waals surface area contributed by atoms with Crippen molar-refractivity contribution in [2.45, 2.75) is 39.8 Å². The van der Waals surface area contributed by atoms with Crippen molar-refractivity contribution in [3.05, 3.63) is 12.4 Å². The number of carbonyl (C=O) groups is 1. The van der Waals surface area contributed by atoms with Crippen molar-refractivity contribution < 1.29 is 9.53 Å². The number of aromatic nitrogens is 3. The lowest BCUT2D eigenvalue weighted by atomic mass is 9.88. The molecule has 106 valence electrons. The third kappa shape index (κ3) is 3.76. The average Bonchev–Trinajstić information content (AvgIpc) is 2.88. The molecule has 0 aliphatic carbocycles. The van der Waals surface area contributed by atoms with Crippen LogP contribution in [0.25, 0.3) is 0 Å². The second kappa shape index (κ2) is 5.69. The normalized spacial score (nSPS) is 20.6. The van der Waals surface area contributed by atoms with Gasteiger partial charge < -0.3 is 9.64 Å². The minimum absolute atomic E-state index is 0.0604. The third-order valence-electron chi connectivity index (χ3n) is 3.41. The SMILES string of the molecule is CC(C)(C)C1CN(C(=O)CCn2ccnn2)CCO1. The molecule has 0 spiro atoms. The first-order valence-electron chi connectivity index (χ1n) is 6.70. The molecule has 1 unspecified atom stereocenters. The van der Waals surface area contributed by atoms with Gasteiger partial charge >= 0.3 is 0 Å². The monoisotopic (exact) mass is 266 g/mol. The Kier molecular flexibility index (Phi) is 4.19. The van der Waals surface area contributed by atoms with E-state index in [0.717, 1.165) is 0 Å². The van der Waals surface area contributed by atoms with E-state index in [1.807, 2.05) is 4.90 Å². The zero-order valence-corrected chi connectivity index (χ0v) is 11.9. The summed E-state index contributed by atoms with van der Waals surface area (Å²) in [6, 6.07) is 0. The van der Waals surface area contributed by atoms with Gasteiger partial charge in [0.05, 0.1) is 25.5 Å². The maximum Gasteiger partial charge on any atom is 0.224 e. The van der Waals surface area contributed by atoms with Crippen LogP contribution in [0.5, 0.6) is 0 Å². The number of rotatable bonds is 3. The molecule has 1 saturated heterocycles. The van der Waals surface area contributed by atoms with Gasteiger partial charge in [0.2, 0.25) is 5.91 Å². The van der Waals surface area contributed by atoms with E-state index in [2.05, 4.69) is 31.1 Å². The van der Waals surface area contributed by atoms with Crippen molar-refractivity contribution >= 4 is 5.91 Å². The molecule has 1 amide bonds. The van der Waals surface area contributed by atoms with E-state index in [1.165, 1.54) is 0 Å². The van der Waals surface area contributed by atoms with Crippen LogP contribution < -0.4 is 0 Å². The van der Waals surface area contributed by atoms with E-state index in [-0.39, 0.29) is 17.4 Å². The number of hydrogen-bond donors (Lipinski definition) is 0. The zero-order valence-electron chi connectivity index (χ0n) is 11.9. The smallest absolute Gasteiger partial charge is 0.224 e. The maximum absolute atomic E-state index is 12.2. The first-order chi connectivity index (χ1) is 8.97. The van der Waals surface area contributed by atoms with Gasteiger partial charge in [-0.05, 0) is 5.41 Å². The molecule has 2 heterocycles. The van der Waals surface area contributed by atoms with E-state index in [0.29, 0.717) is 32.7 Å². The van der Waals surface area contributed by atoms with E-state index in [4.69, 9.17) is 4.74 Å². The van der Waals surface area contributed by atoms with Crippen molar-refractivity contribution in [2.75, 3.05) is 19.7 Å². The van der Waals surface area contributed by atoms with Gasteiger partial charge in [0, 0.05) is 25.7 Å². The number of aryl methyl sites for hydroxylation is 1. The highest BCUT2D eigenvalue weighted by molar-refractivity contribution is 5.76. The number of carbonyl (C=O) groups excluding carboxylic acids is 1. The molecule has 1 aliphatic heterocycles. The van der Waals surface area contributed by atoms with Gasteiger partial charge in [-0.2, -0.15) is 0 Å². The average molecular weight is 266 g/mol. The second-order valence-corrected chi connectivity index (χ2v) is 5.98. The summed E-state index contributed by atoms with van der Waals surface area (Å²) in [5, 5.41) is 7.58. The number of morpholine rings is 1. The minimum atomic E-state index is 0.0604. The minimum Gasteiger partial charge on any atom is -0.374 e. The Labute approximate surface area is 113 Å². The Hall–Kier alpha value is -1.43. The second-order valence-electron chi connectivity index (χ2n) is 5.98. The van der Waals surface area contributed by atoms with Crippen LogP contribution in [0.2, 0.25) is 0 Å². The lowest BCUT2D eigenvalue weighted by molar-refractivity contribution is -0.143. The molecule has 1 atom stereocenters. The molecule has 6 heteroatoms. The number of ether oxygens (including phenoxy) is 1. The highest BCUT2D eigenvalue weighted by atomic mass is 16.5. The van der Waals surface area contributed by atoms with Gasteiger partial charge in [-0.3, -0.25) is 9.48 Å². The molecule has 2 rings (SSSR count). The fourth-order valence-electron chi connectivity index (χ4n) is 2.12. The predicted octanol–water partition coefficient (Wildman–Crippen LogP) is 0.942. The van der Waals surface area contributed by atoms with Crippen LogP contribution >= 0.6 is 0 Å². The summed E-state index contributed by atoms with van der Waals surface area (Å²) in [7, 11) is 0. The van der Waals surface area contributed by atoms with Crippen LogP contribution in [-0.2, 0) is 16.1 Å². The Bertz CT molecular complexity index is 411. The van der Waals surface area contributed by atoms with Gasteiger partial charge in [0.1, 0.15) is 0 Å². The molecular formula is C13H22N4O2. The van der Waals surface area contributed by atoms with Gasteiger partial charge in [-0.15, -0.1) is 5.10 Å². The molecule has 1 fully saturated rings. The van der Waals surface area contributed by atoms with Gasteiger partial charge in [0.15, 0.2) is 0 Å². The van der Waals surface area contributed by atoms with Gasteiger partial charge in [-0.1, -0.05) is 26.0 Å². The first-order valence-corrected chi connectivity index (χ1v) is 6.70. The maximum atomic E-state index is 12.2. The highest BCUT2D eigenvalue weighted by Gasteiger charge is 2.32. The van der Waals surface area contributed by atoms with Gasteiger partial charge in [0.25, 0.3) is 0 Å². The van der Waals surface area contributed by atoms with Crippen LogP contribution in [-0.4, -0.2) is 51.6 Å². The van der Waals surface area contributed by atoms with Gasteiger partial charge in [-0.25, -0.2) is 0 Å². The van der Waals surface area contributed by atoms with Crippen LogP contribution in [0.1, 0.15) is 27.2 Å². The van der Waals surface area contributed by atoms with Crippen molar-refractivity contribution in [3.8, 4) is 0 Å². The number of nitrogens with zero attached hydrogens (tertiary/aromatic N) is 4. The van der Waals surface area contributed by atoms with Crippen molar-refractivity contribution in [3.63, 3.8) is 0 Å². The summed E-state index contributed by atoms with van der Waals surface area (Å²) in [5.74, 6) is 0.160. The fourth-order valence-corrected chi connectivity index (χ4v) is 2.12. The van der Waals surface area contributed by atoms with Crippen LogP contribution in [0, 0.1) is 5.41 Å². The molecule has 1 aromatic heterocycles. The molecule has 0 bridgehead atoms. The van der Waals surface area contributed by atoms with Crippen molar-refractivity contribution in [1.29, 1.82) is 0 Å². The third-order valence-corrected chi connectivity index (χ3v) is 3.41. The lowest BCUT2D eigenvalue weighted by Gasteiger charge is -2.39. The van der Waals surface area contributed by atoms with Crippen LogP contribution in [0.4, 0.5) is 0 Å². The van der Waals surface area contributed by atoms with E-state index >= 15 is 0 Å². The molecule has 19 heavy (non-hydrogen) atoms. The molecule has 0 saturated carbocycles. The quantitative estimate of drug-likeness (QED) is 0.817. The van der Waals surface area contributed by atoms with E-state index in [1.54, 1.807) is 17.1 Å². The Morgan fingerprint density at radius 2 is 2.26 bits per heavy atom. The van der Waals surface area contributed by atoms with E-state index in [9.17, 15) is 4.79 Å². The number of hydrogen-bond acceptors (Lipinski definition) is 4. The summed E-state index contributed by atoms with van der Waals surface area (Å²) in [5.41, 5.74) is 0.0604. The Morgan fingerprint density at radius 3 is 2.89 bits per heavy atom. The van der Waals surface area contributed by atoms with Crippen molar-refractivity contribution in [2.24, 2.45) is 5.41 Å². The molecule has 1 aromatic rings. The topological polar surface area (TPSA) is 60.2 Å². The zero-order chi connectivity index (χ0) is 13.9. The summed E-state index contributed by atoms with van der Waals surface area (Å²) in [4.78, 5) is 14.1. The Morgan fingerprint density at radius 1 is 1.47 bits per heavy atom. The highest BCUT2D eigenvalue weighted by Crippen LogP contribution is 2.25. The number of amides is 1. The standard InChI is InChI=1S/C13H22N4O2/c1-13(2,3)11-10-16(8-9-19-11)12(18)4-6-17-7-5-14-15-17/h5,7,11H,4,6,8-10H2,1-3H3. The first kappa shape index (κ1) is 14.0. The fraction of sp³-hybridized carbons (Fsp3) is 0.769. The summed E-state index contributed by atoms with van der Waals surface area (Å²) in [6.07, 6.45) is 3.95. The largest absolute Gasteiger partial charge is 0.374 e. The van der Waals surface area contributed by atoms with Crippen molar-refractivity contribution in [1.82, 2.24) is 19.9 Å². The molecule has 1 aliphatic rings. The molecule has 0 N–H and O–H groups in total. The lowest BCUT2D eigenvalue weighted by Crippen LogP contribution is -2.50. The Balaban J connectivity index is 1.85. The van der Waals surface area contributed by atoms with Crippen LogP contribution in [0.15, 0.2) is 12.4 Å². The summed E-state index contributed by atoms with van der Waals surface area (Å²) >= 11 is 0. The molecule has 0 aromatic carbocycles. The molecular weight excluding hydrogens is 244 g/mol. The van der Waals surface area contributed by atoms with E-state index < -0.39 is 0 Å². The molecule has 0 radical (unpaired) electrons. The van der Waals surface area contributed by atoms with Crippen LogP contribution in [0.3, 0.4) is 0 Å². The predicted molar refractivity (Wildman–Crippen MR) is 70.4 cm³/mol.